The summed E-state index contributed by atoms with van der Waals surface area (Å²) < 4.78 is 32.5. The summed E-state index contributed by atoms with van der Waals surface area (Å²) in [6.45, 7) is 0. The van der Waals surface area contributed by atoms with Crippen molar-refractivity contribution in [3.05, 3.63) is 64.2 Å². The molecule has 0 fully saturated rings. The average Bonchev–Trinajstić information content (AvgIpc) is 2.39. The highest BCUT2D eigenvalue weighted by molar-refractivity contribution is 6.30. The van der Waals surface area contributed by atoms with Crippen LogP contribution in [0.4, 0.5) is 8.78 Å². The second kappa shape index (κ2) is 5.04. The van der Waals surface area contributed by atoms with Gasteiger partial charge < -0.3 is 10.5 Å². The Morgan fingerprint density at radius 1 is 1.10 bits per heavy atom. The Balaban J connectivity index is 1.97. The van der Waals surface area contributed by atoms with Crippen LogP contribution in [0.5, 0.6) is 5.75 Å². The van der Waals surface area contributed by atoms with Gasteiger partial charge in [-0.25, -0.2) is 8.78 Å². The molecule has 1 heterocycles. The maximum atomic E-state index is 13.8. The number of halogens is 3. The summed E-state index contributed by atoms with van der Waals surface area (Å²) in [5.74, 6) is -0.653. The zero-order chi connectivity index (χ0) is 14.3. The van der Waals surface area contributed by atoms with Gasteiger partial charge in [-0.05, 0) is 30.3 Å². The van der Waals surface area contributed by atoms with Gasteiger partial charge in [0.25, 0.3) is 0 Å². The van der Waals surface area contributed by atoms with E-state index in [1.807, 2.05) is 0 Å². The molecule has 1 aliphatic rings. The number of benzene rings is 2. The summed E-state index contributed by atoms with van der Waals surface area (Å²) in [6, 6.07) is 8.31. The summed E-state index contributed by atoms with van der Waals surface area (Å²) in [7, 11) is 0. The van der Waals surface area contributed by atoms with E-state index in [0.717, 1.165) is 11.6 Å². The van der Waals surface area contributed by atoms with Gasteiger partial charge in [-0.3, -0.25) is 0 Å². The molecule has 3 rings (SSSR count). The molecule has 0 radical (unpaired) electrons. The molecule has 2 aromatic carbocycles. The molecule has 0 spiro atoms. The van der Waals surface area contributed by atoms with Gasteiger partial charge in [0.1, 0.15) is 23.5 Å². The van der Waals surface area contributed by atoms with Crippen molar-refractivity contribution in [3.63, 3.8) is 0 Å². The third-order valence-electron chi connectivity index (χ3n) is 3.42. The summed E-state index contributed by atoms with van der Waals surface area (Å²) >= 11 is 5.93. The minimum atomic E-state index is -0.625. The van der Waals surface area contributed by atoms with Gasteiger partial charge in [0, 0.05) is 34.7 Å². The molecule has 2 N–H and O–H groups in total. The van der Waals surface area contributed by atoms with Crippen LogP contribution < -0.4 is 10.5 Å². The predicted octanol–water partition coefficient (Wildman–Crippen LogP) is 4.14. The van der Waals surface area contributed by atoms with E-state index in [4.69, 9.17) is 22.1 Å². The molecule has 0 bridgehead atoms. The standard InChI is InChI=1S/C15H12ClF2NO/c16-8-1-4-14-11(5-8)13(19)7-15(20-14)10-3-2-9(17)6-12(10)18/h1-6,13,15H,7,19H2/t13-,15?/m0/s1. The van der Waals surface area contributed by atoms with Crippen LogP contribution >= 0.6 is 11.6 Å². The fourth-order valence-electron chi connectivity index (χ4n) is 2.43. The van der Waals surface area contributed by atoms with Crippen molar-refractivity contribution >= 4 is 11.6 Å². The molecular formula is C15H12ClF2NO. The molecule has 1 aliphatic heterocycles. The van der Waals surface area contributed by atoms with Crippen LogP contribution in [-0.2, 0) is 0 Å². The molecule has 0 amide bonds. The maximum absolute atomic E-state index is 13.8. The van der Waals surface area contributed by atoms with Gasteiger partial charge >= 0.3 is 0 Å². The van der Waals surface area contributed by atoms with Gasteiger partial charge in [0.2, 0.25) is 0 Å². The molecule has 0 saturated carbocycles. The lowest BCUT2D eigenvalue weighted by atomic mass is 9.93. The van der Waals surface area contributed by atoms with Crippen molar-refractivity contribution < 1.29 is 13.5 Å². The monoisotopic (exact) mass is 295 g/mol. The van der Waals surface area contributed by atoms with Crippen molar-refractivity contribution in [2.24, 2.45) is 5.73 Å². The number of hydrogen-bond acceptors (Lipinski definition) is 2. The van der Waals surface area contributed by atoms with Crippen molar-refractivity contribution in [2.45, 2.75) is 18.6 Å². The fraction of sp³-hybridized carbons (Fsp3) is 0.200. The first-order valence-corrected chi connectivity index (χ1v) is 6.59. The average molecular weight is 296 g/mol. The highest BCUT2D eigenvalue weighted by Crippen LogP contribution is 2.41. The van der Waals surface area contributed by atoms with E-state index in [0.29, 0.717) is 22.8 Å². The van der Waals surface area contributed by atoms with Crippen LogP contribution in [0.15, 0.2) is 36.4 Å². The molecule has 2 atom stereocenters. The maximum Gasteiger partial charge on any atom is 0.133 e. The first-order chi connectivity index (χ1) is 9.54. The van der Waals surface area contributed by atoms with Crippen LogP contribution in [0.3, 0.4) is 0 Å². The Morgan fingerprint density at radius 3 is 2.65 bits per heavy atom. The Bertz CT molecular complexity index is 662. The number of hydrogen-bond donors (Lipinski definition) is 1. The minimum Gasteiger partial charge on any atom is -0.485 e. The summed E-state index contributed by atoms with van der Waals surface area (Å²) in [6.07, 6.45) is -0.116. The van der Waals surface area contributed by atoms with E-state index < -0.39 is 17.7 Å². The largest absolute Gasteiger partial charge is 0.485 e. The third kappa shape index (κ3) is 2.37. The first-order valence-electron chi connectivity index (χ1n) is 6.21. The normalized spacial score (nSPS) is 21.2. The molecule has 0 aliphatic carbocycles. The van der Waals surface area contributed by atoms with Crippen LogP contribution in [0.1, 0.15) is 29.7 Å². The number of rotatable bonds is 1. The van der Waals surface area contributed by atoms with Crippen LogP contribution in [-0.4, -0.2) is 0 Å². The topological polar surface area (TPSA) is 35.2 Å². The SMILES string of the molecule is N[C@H]1CC(c2ccc(F)cc2F)Oc2ccc(Cl)cc21. The number of fused-ring (bicyclic) bond motifs is 1. The van der Waals surface area contributed by atoms with Crippen LogP contribution in [0.2, 0.25) is 5.02 Å². The molecule has 2 nitrogen and oxygen atoms in total. The van der Waals surface area contributed by atoms with Gasteiger partial charge in [-0.1, -0.05) is 11.6 Å². The highest BCUT2D eigenvalue weighted by atomic mass is 35.5. The van der Waals surface area contributed by atoms with Crippen LogP contribution in [0.25, 0.3) is 0 Å². The molecule has 1 unspecified atom stereocenters. The Morgan fingerprint density at radius 2 is 1.90 bits per heavy atom. The number of ether oxygens (including phenoxy) is 1. The molecule has 5 heteroatoms. The Labute approximate surface area is 120 Å². The molecule has 2 aromatic rings. The van der Waals surface area contributed by atoms with E-state index in [9.17, 15) is 8.78 Å². The smallest absolute Gasteiger partial charge is 0.133 e. The lowest BCUT2D eigenvalue weighted by Gasteiger charge is -2.30. The van der Waals surface area contributed by atoms with Crippen molar-refractivity contribution in [2.75, 3.05) is 0 Å². The summed E-state index contributed by atoms with van der Waals surface area (Å²) in [5, 5.41) is 0.578. The van der Waals surface area contributed by atoms with Crippen LogP contribution in [0, 0.1) is 11.6 Å². The van der Waals surface area contributed by atoms with Gasteiger partial charge in [-0.15, -0.1) is 0 Å². The first kappa shape index (κ1) is 13.3. The molecule has 0 saturated heterocycles. The van der Waals surface area contributed by atoms with Crippen molar-refractivity contribution in [1.82, 2.24) is 0 Å². The molecule has 20 heavy (non-hydrogen) atoms. The van der Waals surface area contributed by atoms with Gasteiger partial charge in [0.05, 0.1) is 0 Å². The van der Waals surface area contributed by atoms with E-state index >= 15 is 0 Å². The van der Waals surface area contributed by atoms with E-state index in [-0.39, 0.29) is 6.04 Å². The summed E-state index contributed by atoms with van der Waals surface area (Å²) in [4.78, 5) is 0. The van der Waals surface area contributed by atoms with Gasteiger partial charge in [-0.2, -0.15) is 0 Å². The minimum absolute atomic E-state index is 0.299. The van der Waals surface area contributed by atoms with E-state index in [1.54, 1.807) is 18.2 Å². The molecule has 0 aromatic heterocycles. The van der Waals surface area contributed by atoms with E-state index in [2.05, 4.69) is 0 Å². The lowest BCUT2D eigenvalue weighted by Crippen LogP contribution is -2.24. The fourth-order valence-corrected chi connectivity index (χ4v) is 2.61. The zero-order valence-electron chi connectivity index (χ0n) is 10.4. The van der Waals surface area contributed by atoms with Crippen molar-refractivity contribution in [3.8, 4) is 5.75 Å². The lowest BCUT2D eigenvalue weighted by molar-refractivity contribution is 0.157. The summed E-state index contributed by atoms with van der Waals surface area (Å²) in [5.41, 5.74) is 7.20. The van der Waals surface area contributed by atoms with E-state index in [1.165, 1.54) is 12.1 Å². The Hall–Kier alpha value is -1.65. The van der Waals surface area contributed by atoms with Gasteiger partial charge in [0.15, 0.2) is 0 Å². The van der Waals surface area contributed by atoms with Crippen molar-refractivity contribution in [1.29, 1.82) is 0 Å². The molecule has 104 valence electrons. The third-order valence-corrected chi connectivity index (χ3v) is 3.65. The highest BCUT2D eigenvalue weighted by Gasteiger charge is 2.29. The second-order valence-corrected chi connectivity index (χ2v) is 5.23. The Kier molecular flexibility index (Phi) is 3.36. The second-order valence-electron chi connectivity index (χ2n) is 4.80. The quantitative estimate of drug-likeness (QED) is 0.858. The zero-order valence-corrected chi connectivity index (χ0v) is 11.2. The number of nitrogens with two attached hydrogens (primary N) is 1. The molecular weight excluding hydrogens is 284 g/mol. The predicted molar refractivity (Wildman–Crippen MR) is 72.7 cm³/mol.